The summed E-state index contributed by atoms with van der Waals surface area (Å²) in [5.41, 5.74) is 4.00. The molecule has 0 bridgehead atoms. The van der Waals surface area contributed by atoms with Gasteiger partial charge in [0.15, 0.2) is 5.78 Å². The van der Waals surface area contributed by atoms with Gasteiger partial charge in [-0.3, -0.25) is 14.7 Å². The number of likely N-dealkylation sites (tertiary alicyclic amines) is 1. The predicted molar refractivity (Wildman–Crippen MR) is 191 cm³/mol. The number of rotatable bonds is 17. The second-order valence-corrected chi connectivity index (χ2v) is 14.1. The third-order valence-electron chi connectivity index (χ3n) is 9.42. The number of ketones is 1. The minimum atomic E-state index is -0.560. The maximum Gasteiger partial charge on any atom is 0.407 e. The van der Waals surface area contributed by atoms with Crippen molar-refractivity contribution in [2.24, 2.45) is 5.92 Å². The molecule has 49 heavy (non-hydrogen) atoms. The molecule has 2 N–H and O–H groups in total. The molecule has 0 aliphatic carbocycles. The molecule has 2 aliphatic rings. The van der Waals surface area contributed by atoms with Gasteiger partial charge < -0.3 is 25.0 Å². The summed E-state index contributed by atoms with van der Waals surface area (Å²) in [6, 6.07) is 19.5. The van der Waals surface area contributed by atoms with Crippen molar-refractivity contribution in [3.05, 3.63) is 88.4 Å². The van der Waals surface area contributed by atoms with Crippen LogP contribution in [0.1, 0.15) is 60.9 Å². The number of hydrogen-bond donors (Lipinski definition) is 2. The second-order valence-electron chi connectivity index (χ2n) is 13.2. The largest absolute Gasteiger partial charge is 0.444 e. The zero-order valence-corrected chi connectivity index (χ0v) is 29.3. The van der Waals surface area contributed by atoms with Crippen LogP contribution in [0, 0.1) is 5.92 Å². The predicted octanol–water partition coefficient (Wildman–Crippen LogP) is 5.87. The number of carbonyl (C=O) groups excluding carboxylic acids is 3. The molecule has 3 aromatic rings. The fourth-order valence-corrected chi connectivity index (χ4v) is 7.16. The molecule has 3 atom stereocenters. The lowest BCUT2D eigenvalue weighted by Crippen LogP contribution is -2.51. The van der Waals surface area contributed by atoms with Crippen molar-refractivity contribution in [1.82, 2.24) is 25.4 Å². The number of aromatic nitrogens is 1. The summed E-state index contributed by atoms with van der Waals surface area (Å²) in [6.45, 7) is 5.42. The number of thiazole rings is 1. The number of nitrogens with one attached hydrogen (secondary N) is 2. The molecule has 0 unspecified atom stereocenters. The molecule has 11 heteroatoms. The van der Waals surface area contributed by atoms with Crippen LogP contribution in [0.4, 0.5) is 9.59 Å². The van der Waals surface area contributed by atoms with E-state index in [4.69, 9.17) is 9.47 Å². The van der Waals surface area contributed by atoms with Crippen molar-refractivity contribution in [3.8, 4) is 0 Å². The molecule has 3 heterocycles. The highest BCUT2D eigenvalue weighted by Crippen LogP contribution is 2.23. The Balaban J connectivity index is 1.27. The number of hydrogen-bond acceptors (Lipinski definition) is 8. The van der Waals surface area contributed by atoms with E-state index < -0.39 is 12.1 Å². The van der Waals surface area contributed by atoms with Crippen molar-refractivity contribution in [3.63, 3.8) is 0 Å². The molecule has 10 nitrogen and oxygen atoms in total. The van der Waals surface area contributed by atoms with Gasteiger partial charge in [0, 0.05) is 51.4 Å². The van der Waals surface area contributed by atoms with Crippen molar-refractivity contribution in [2.75, 3.05) is 45.9 Å². The average molecular weight is 690 g/mol. The Morgan fingerprint density at radius 3 is 2.20 bits per heavy atom. The molecule has 2 saturated heterocycles. The standard InChI is InChI=1S/C38H51N5O5S/c44-36(35(16-19-42-20-22-47-23-21-42)41-37(45)43-17-8-3-9-18-43)26-32(24-30-10-4-1-5-11-30)14-15-33(25-31-12-6-2-7-13-31)40-38(46)48-28-34-27-39-29-49-34/h1-2,4-7,10-13,27,29,32-33,35H,3,8-9,14-26,28H2,(H,40,46)(H,41,45)/t32-,33-,35+/m1/s1. The van der Waals surface area contributed by atoms with Gasteiger partial charge in [-0.1, -0.05) is 60.7 Å². The summed E-state index contributed by atoms with van der Waals surface area (Å²) >= 11 is 1.45. The van der Waals surface area contributed by atoms with Crippen LogP contribution in [0.5, 0.6) is 0 Å². The topological polar surface area (TPSA) is 113 Å². The third-order valence-corrected chi connectivity index (χ3v) is 10.2. The fourth-order valence-electron chi connectivity index (χ4n) is 6.66. The van der Waals surface area contributed by atoms with Crippen LogP contribution in [0.15, 0.2) is 72.4 Å². The van der Waals surface area contributed by atoms with Crippen LogP contribution < -0.4 is 10.6 Å². The van der Waals surface area contributed by atoms with E-state index in [2.05, 4.69) is 44.8 Å². The Morgan fingerprint density at radius 2 is 1.53 bits per heavy atom. The normalized spacial score (nSPS) is 17.1. The highest BCUT2D eigenvalue weighted by molar-refractivity contribution is 7.09. The Bertz CT molecular complexity index is 1400. The fraction of sp³-hybridized carbons (Fsp3) is 0.526. The Kier molecular flexibility index (Phi) is 14.9. The van der Waals surface area contributed by atoms with Gasteiger partial charge in [-0.05, 0) is 68.4 Å². The van der Waals surface area contributed by atoms with Gasteiger partial charge in [0.25, 0.3) is 0 Å². The van der Waals surface area contributed by atoms with Crippen LogP contribution in [0.2, 0.25) is 0 Å². The van der Waals surface area contributed by atoms with Crippen LogP contribution in [-0.2, 0) is 33.7 Å². The molecule has 264 valence electrons. The van der Waals surface area contributed by atoms with Crippen LogP contribution in [-0.4, -0.2) is 90.7 Å². The van der Waals surface area contributed by atoms with Crippen LogP contribution in [0.25, 0.3) is 0 Å². The number of urea groups is 1. The minimum Gasteiger partial charge on any atom is -0.444 e. The molecule has 1 aromatic heterocycles. The molecule has 5 rings (SSSR count). The van der Waals surface area contributed by atoms with E-state index in [9.17, 15) is 14.4 Å². The van der Waals surface area contributed by atoms with E-state index in [1.807, 2.05) is 41.3 Å². The summed E-state index contributed by atoms with van der Waals surface area (Å²) in [6.07, 6.45) is 8.06. The first-order chi connectivity index (χ1) is 24.0. The Labute approximate surface area is 294 Å². The first kappa shape index (κ1) is 36.5. The average Bonchev–Trinajstić information content (AvgIpc) is 3.67. The molecular formula is C38H51N5O5S. The highest BCUT2D eigenvalue weighted by atomic mass is 32.1. The van der Waals surface area contributed by atoms with Crippen LogP contribution in [0.3, 0.4) is 0 Å². The number of alkyl carbamates (subject to hydrolysis) is 1. The summed E-state index contributed by atoms with van der Waals surface area (Å²) in [5.74, 6) is 0.0945. The number of morpholine rings is 1. The monoisotopic (exact) mass is 689 g/mol. The number of ether oxygens (including phenoxy) is 2. The van der Waals surface area contributed by atoms with Crippen molar-refractivity contribution in [2.45, 2.75) is 76.5 Å². The van der Waals surface area contributed by atoms with Gasteiger partial charge in [-0.25, -0.2) is 9.59 Å². The van der Waals surface area contributed by atoms with Crippen molar-refractivity contribution in [1.29, 1.82) is 0 Å². The SMILES string of the molecule is O=C(N[C@H](CC[C@@H](CC(=O)[C@H](CCN1CCOCC1)NC(=O)N1CCCCC1)Cc1ccccc1)Cc1ccccc1)OCc1cncs1. The van der Waals surface area contributed by atoms with Gasteiger partial charge in [0.05, 0.1) is 29.6 Å². The quantitative estimate of drug-likeness (QED) is 0.183. The summed E-state index contributed by atoms with van der Waals surface area (Å²) in [5, 5.41) is 6.25. The lowest BCUT2D eigenvalue weighted by Gasteiger charge is -2.31. The first-order valence-corrected chi connectivity index (χ1v) is 18.7. The first-order valence-electron chi connectivity index (χ1n) is 17.8. The Hall–Kier alpha value is -3.80. The summed E-state index contributed by atoms with van der Waals surface area (Å²) < 4.78 is 11.1. The van der Waals surface area contributed by atoms with E-state index in [0.29, 0.717) is 38.9 Å². The van der Waals surface area contributed by atoms with E-state index >= 15 is 0 Å². The number of Topliss-reactive ketones (excluding diaryl/α,β-unsaturated/α-hetero) is 1. The molecule has 2 aromatic carbocycles. The van der Waals surface area contributed by atoms with E-state index in [1.165, 1.54) is 16.9 Å². The maximum absolute atomic E-state index is 14.2. The van der Waals surface area contributed by atoms with Gasteiger partial charge in [0.2, 0.25) is 0 Å². The van der Waals surface area contributed by atoms with Gasteiger partial charge >= 0.3 is 12.1 Å². The molecule has 0 spiro atoms. The zero-order valence-electron chi connectivity index (χ0n) is 28.5. The van der Waals surface area contributed by atoms with E-state index in [0.717, 1.165) is 75.3 Å². The van der Waals surface area contributed by atoms with Gasteiger partial charge in [-0.15, -0.1) is 11.3 Å². The molecule has 2 aliphatic heterocycles. The summed E-state index contributed by atoms with van der Waals surface area (Å²) in [4.78, 5) is 49.5. The zero-order chi connectivity index (χ0) is 34.1. The van der Waals surface area contributed by atoms with Crippen molar-refractivity contribution >= 4 is 29.2 Å². The van der Waals surface area contributed by atoms with Crippen LogP contribution >= 0.6 is 11.3 Å². The number of nitrogens with zero attached hydrogens (tertiary/aromatic N) is 3. The highest BCUT2D eigenvalue weighted by Gasteiger charge is 2.28. The molecule has 0 saturated carbocycles. The van der Waals surface area contributed by atoms with Gasteiger partial charge in [-0.2, -0.15) is 0 Å². The lowest BCUT2D eigenvalue weighted by atomic mass is 9.86. The molecule has 2 fully saturated rings. The summed E-state index contributed by atoms with van der Waals surface area (Å²) in [7, 11) is 0. The second kappa shape index (κ2) is 20.0. The number of benzene rings is 2. The number of carbonyl (C=O) groups is 3. The molecular weight excluding hydrogens is 639 g/mol. The third kappa shape index (κ3) is 12.9. The smallest absolute Gasteiger partial charge is 0.407 e. The number of amides is 3. The van der Waals surface area contributed by atoms with Gasteiger partial charge in [0.1, 0.15) is 6.61 Å². The minimum absolute atomic E-state index is 0.0287. The Morgan fingerprint density at radius 1 is 0.837 bits per heavy atom. The van der Waals surface area contributed by atoms with E-state index in [-0.39, 0.29) is 30.4 Å². The van der Waals surface area contributed by atoms with E-state index in [1.54, 1.807) is 11.7 Å². The number of piperidine rings is 1. The molecule has 0 radical (unpaired) electrons. The van der Waals surface area contributed by atoms with Crippen molar-refractivity contribution < 1.29 is 23.9 Å². The molecule has 3 amide bonds. The maximum atomic E-state index is 14.2. The lowest BCUT2D eigenvalue weighted by molar-refractivity contribution is -0.122.